The fourth-order valence-electron chi connectivity index (χ4n) is 1.48. The van der Waals surface area contributed by atoms with E-state index < -0.39 is 11.9 Å². The quantitative estimate of drug-likeness (QED) is 0.746. The van der Waals surface area contributed by atoms with Gasteiger partial charge in [0.15, 0.2) is 5.69 Å². The molecule has 0 saturated carbocycles. The summed E-state index contributed by atoms with van der Waals surface area (Å²) < 4.78 is 1.08. The average Bonchev–Trinajstić information content (AvgIpc) is 2.84. The molecule has 0 aliphatic heterocycles. The van der Waals surface area contributed by atoms with Gasteiger partial charge in [0, 0.05) is 6.20 Å². The molecule has 0 radical (unpaired) electrons. The van der Waals surface area contributed by atoms with Crippen LogP contribution in [0.3, 0.4) is 0 Å². The number of carboxylic acid groups (broad SMARTS) is 1. The van der Waals surface area contributed by atoms with Crippen LogP contribution in [0.25, 0.3) is 0 Å². The topological polar surface area (TPSA) is 123 Å². The van der Waals surface area contributed by atoms with Gasteiger partial charge in [0.1, 0.15) is 12.4 Å². The third-order valence-corrected chi connectivity index (χ3v) is 2.33. The molecule has 1 amide bonds. The number of nitrogens with zero attached hydrogens (tertiary/aromatic N) is 5. The third-order valence-electron chi connectivity index (χ3n) is 2.33. The third kappa shape index (κ3) is 3.57. The highest BCUT2D eigenvalue weighted by Crippen LogP contribution is 1.97. The molecule has 2 heterocycles. The van der Waals surface area contributed by atoms with Crippen LogP contribution in [0.2, 0.25) is 0 Å². The van der Waals surface area contributed by atoms with Crippen LogP contribution in [-0.4, -0.2) is 41.9 Å². The van der Waals surface area contributed by atoms with Crippen molar-refractivity contribution in [2.75, 3.05) is 0 Å². The molecule has 0 atom stereocenters. The first kappa shape index (κ1) is 13.6. The SMILES string of the molecule is Cc1nccc(CNC(=O)c2cn(CC(=O)O)nn2)n1. The number of aliphatic carboxylic acids is 1. The van der Waals surface area contributed by atoms with E-state index in [1.165, 1.54) is 6.20 Å². The molecule has 0 bridgehead atoms. The summed E-state index contributed by atoms with van der Waals surface area (Å²) in [7, 11) is 0. The summed E-state index contributed by atoms with van der Waals surface area (Å²) in [4.78, 5) is 30.4. The van der Waals surface area contributed by atoms with Crippen molar-refractivity contribution in [3.63, 3.8) is 0 Å². The maximum atomic E-state index is 11.8. The monoisotopic (exact) mass is 276 g/mol. The lowest BCUT2D eigenvalue weighted by molar-refractivity contribution is -0.137. The second-order valence-electron chi connectivity index (χ2n) is 3.97. The van der Waals surface area contributed by atoms with Crippen molar-refractivity contribution < 1.29 is 14.7 Å². The molecule has 0 unspecified atom stereocenters. The van der Waals surface area contributed by atoms with E-state index in [-0.39, 0.29) is 18.8 Å². The van der Waals surface area contributed by atoms with Crippen LogP contribution in [0.15, 0.2) is 18.5 Å². The first-order valence-electron chi connectivity index (χ1n) is 5.73. The number of carbonyl (C=O) groups excluding carboxylic acids is 1. The first-order valence-corrected chi connectivity index (χ1v) is 5.73. The van der Waals surface area contributed by atoms with Gasteiger partial charge in [-0.15, -0.1) is 5.10 Å². The lowest BCUT2D eigenvalue weighted by atomic mass is 10.3. The van der Waals surface area contributed by atoms with Crippen molar-refractivity contribution in [1.82, 2.24) is 30.3 Å². The van der Waals surface area contributed by atoms with Gasteiger partial charge in [-0.1, -0.05) is 5.21 Å². The van der Waals surface area contributed by atoms with E-state index in [2.05, 4.69) is 25.6 Å². The fourth-order valence-corrected chi connectivity index (χ4v) is 1.48. The Labute approximate surface area is 113 Å². The zero-order chi connectivity index (χ0) is 14.5. The Kier molecular flexibility index (Phi) is 3.99. The Morgan fingerprint density at radius 1 is 1.45 bits per heavy atom. The van der Waals surface area contributed by atoms with Crippen LogP contribution in [0.4, 0.5) is 0 Å². The van der Waals surface area contributed by atoms with Crippen molar-refractivity contribution in [3.05, 3.63) is 35.7 Å². The first-order chi connectivity index (χ1) is 9.54. The Bertz CT molecular complexity index is 639. The summed E-state index contributed by atoms with van der Waals surface area (Å²) in [6, 6.07) is 1.69. The molecule has 0 aliphatic carbocycles. The summed E-state index contributed by atoms with van der Waals surface area (Å²) in [5.74, 6) is -0.889. The minimum Gasteiger partial charge on any atom is -0.480 e. The van der Waals surface area contributed by atoms with E-state index in [1.807, 2.05) is 0 Å². The largest absolute Gasteiger partial charge is 0.480 e. The number of hydrogen-bond acceptors (Lipinski definition) is 6. The lowest BCUT2D eigenvalue weighted by Crippen LogP contribution is -2.23. The van der Waals surface area contributed by atoms with Gasteiger partial charge in [0.25, 0.3) is 5.91 Å². The molecule has 0 aliphatic rings. The van der Waals surface area contributed by atoms with Gasteiger partial charge in [0.05, 0.1) is 18.4 Å². The smallest absolute Gasteiger partial charge is 0.325 e. The molecule has 2 N–H and O–H groups in total. The van der Waals surface area contributed by atoms with E-state index in [9.17, 15) is 9.59 Å². The predicted molar refractivity (Wildman–Crippen MR) is 65.6 cm³/mol. The average molecular weight is 276 g/mol. The highest BCUT2D eigenvalue weighted by Gasteiger charge is 2.11. The minimum absolute atomic E-state index is 0.0528. The highest BCUT2D eigenvalue weighted by molar-refractivity contribution is 5.91. The number of carbonyl (C=O) groups is 2. The lowest BCUT2D eigenvalue weighted by Gasteiger charge is -2.02. The summed E-state index contributed by atoms with van der Waals surface area (Å²) in [6.45, 7) is 1.64. The number of aryl methyl sites for hydroxylation is 1. The van der Waals surface area contributed by atoms with Crippen LogP contribution in [-0.2, 0) is 17.9 Å². The van der Waals surface area contributed by atoms with Crippen molar-refractivity contribution >= 4 is 11.9 Å². The van der Waals surface area contributed by atoms with Crippen molar-refractivity contribution in [2.24, 2.45) is 0 Å². The van der Waals surface area contributed by atoms with Crippen molar-refractivity contribution in [1.29, 1.82) is 0 Å². The summed E-state index contributed by atoms with van der Waals surface area (Å²) in [5.41, 5.74) is 0.723. The Morgan fingerprint density at radius 3 is 2.95 bits per heavy atom. The molecule has 2 aromatic heterocycles. The fraction of sp³-hybridized carbons (Fsp3) is 0.273. The van der Waals surface area contributed by atoms with Crippen molar-refractivity contribution in [3.8, 4) is 0 Å². The number of carboxylic acids is 1. The van der Waals surface area contributed by atoms with Crippen LogP contribution in [0.1, 0.15) is 22.0 Å². The molecule has 2 aromatic rings. The summed E-state index contributed by atoms with van der Waals surface area (Å²) in [6.07, 6.45) is 2.88. The standard InChI is InChI=1S/C11H12N6O3/c1-7-12-3-2-8(14-7)4-13-11(20)9-5-17(16-15-9)6-10(18)19/h2-3,5H,4,6H2,1H3,(H,13,20)(H,18,19). The van der Waals surface area contributed by atoms with Gasteiger partial charge in [-0.3, -0.25) is 9.59 Å². The Morgan fingerprint density at radius 2 is 2.25 bits per heavy atom. The minimum atomic E-state index is -1.06. The molecule has 2 rings (SSSR count). The highest BCUT2D eigenvalue weighted by atomic mass is 16.4. The number of amides is 1. The van der Waals surface area contributed by atoms with Crippen molar-refractivity contribution in [2.45, 2.75) is 20.0 Å². The normalized spacial score (nSPS) is 10.2. The van der Waals surface area contributed by atoms with Crippen LogP contribution >= 0.6 is 0 Å². The van der Waals surface area contributed by atoms with Gasteiger partial charge in [0.2, 0.25) is 0 Å². The molecule has 9 nitrogen and oxygen atoms in total. The molecule has 0 fully saturated rings. The molecule has 0 saturated heterocycles. The van der Waals surface area contributed by atoms with Gasteiger partial charge >= 0.3 is 5.97 Å². The van der Waals surface area contributed by atoms with E-state index >= 15 is 0 Å². The van der Waals surface area contributed by atoms with Gasteiger partial charge < -0.3 is 10.4 Å². The zero-order valence-electron chi connectivity index (χ0n) is 10.6. The molecule has 104 valence electrons. The van der Waals surface area contributed by atoms with E-state index in [0.29, 0.717) is 11.5 Å². The molecular weight excluding hydrogens is 264 g/mol. The molecule has 0 aromatic carbocycles. The van der Waals surface area contributed by atoms with Gasteiger partial charge in [-0.2, -0.15) is 0 Å². The van der Waals surface area contributed by atoms with Gasteiger partial charge in [-0.05, 0) is 13.0 Å². The predicted octanol–water partition coefficient (Wildman–Crippen LogP) is -0.609. The Hall–Kier alpha value is -2.84. The number of nitrogens with one attached hydrogen (secondary N) is 1. The number of aromatic nitrogens is 5. The van der Waals surface area contributed by atoms with E-state index in [1.54, 1.807) is 19.2 Å². The van der Waals surface area contributed by atoms with Gasteiger partial charge in [-0.25, -0.2) is 14.6 Å². The summed E-state index contributed by atoms with van der Waals surface area (Å²) >= 11 is 0. The summed E-state index contributed by atoms with van der Waals surface area (Å²) in [5, 5.41) is 18.4. The maximum Gasteiger partial charge on any atom is 0.325 e. The zero-order valence-corrected chi connectivity index (χ0v) is 10.6. The number of hydrogen-bond donors (Lipinski definition) is 2. The van der Waals surface area contributed by atoms with E-state index in [4.69, 9.17) is 5.11 Å². The molecule has 9 heteroatoms. The second kappa shape index (κ2) is 5.87. The molecule has 0 spiro atoms. The Balaban J connectivity index is 1.95. The number of rotatable bonds is 5. The molecular formula is C11H12N6O3. The van der Waals surface area contributed by atoms with Crippen LogP contribution < -0.4 is 5.32 Å². The van der Waals surface area contributed by atoms with Crippen LogP contribution in [0, 0.1) is 6.92 Å². The molecule has 20 heavy (non-hydrogen) atoms. The van der Waals surface area contributed by atoms with Crippen LogP contribution in [0.5, 0.6) is 0 Å². The maximum absolute atomic E-state index is 11.8. The van der Waals surface area contributed by atoms with E-state index in [0.717, 1.165) is 4.68 Å². The second-order valence-corrected chi connectivity index (χ2v) is 3.97.